The summed E-state index contributed by atoms with van der Waals surface area (Å²) in [5.74, 6) is 0. The molecular weight excluding hydrogens is 212 g/mol. The van der Waals surface area contributed by atoms with Crippen molar-refractivity contribution in [2.24, 2.45) is 5.11 Å². The number of benzene rings is 1. The molecule has 1 aromatic rings. The standard InChI is InChI=1S/C13H18N4/c1-11(12-6-3-2-4-7-12)17-9-5-8-13(10-17)15-16-14/h2-4,6-7,11,13H,5,8-10H2,1H3/t11-,13-/m1/s1. The minimum Gasteiger partial charge on any atom is -0.296 e. The van der Waals surface area contributed by atoms with E-state index in [1.54, 1.807) is 0 Å². The fraction of sp³-hybridized carbons (Fsp3) is 0.538. The van der Waals surface area contributed by atoms with Crippen LogP contribution in [-0.2, 0) is 0 Å². The minimum atomic E-state index is 0.139. The van der Waals surface area contributed by atoms with Gasteiger partial charge in [-0.25, -0.2) is 0 Å². The summed E-state index contributed by atoms with van der Waals surface area (Å²) in [6, 6.07) is 11.0. The Balaban J connectivity index is 2.04. The number of likely N-dealkylation sites (tertiary alicyclic amines) is 1. The summed E-state index contributed by atoms with van der Waals surface area (Å²) in [5.41, 5.74) is 9.83. The van der Waals surface area contributed by atoms with Crippen molar-refractivity contribution in [3.8, 4) is 0 Å². The third-order valence-electron chi connectivity index (χ3n) is 3.47. The molecule has 1 aromatic carbocycles. The fourth-order valence-corrected chi connectivity index (χ4v) is 2.44. The first-order valence-corrected chi connectivity index (χ1v) is 6.14. The summed E-state index contributed by atoms with van der Waals surface area (Å²) in [6.07, 6.45) is 2.13. The zero-order valence-electron chi connectivity index (χ0n) is 10.2. The Morgan fingerprint density at radius 1 is 1.41 bits per heavy atom. The van der Waals surface area contributed by atoms with Crippen molar-refractivity contribution in [1.29, 1.82) is 0 Å². The predicted octanol–water partition coefficient (Wildman–Crippen LogP) is 3.52. The molecule has 17 heavy (non-hydrogen) atoms. The Hall–Kier alpha value is -1.51. The summed E-state index contributed by atoms with van der Waals surface area (Å²) in [5, 5.41) is 3.85. The molecule has 0 saturated carbocycles. The van der Waals surface area contributed by atoms with Gasteiger partial charge >= 0.3 is 0 Å². The van der Waals surface area contributed by atoms with Gasteiger partial charge in [0.05, 0.1) is 6.04 Å². The number of nitrogens with zero attached hydrogens (tertiary/aromatic N) is 4. The number of azide groups is 1. The summed E-state index contributed by atoms with van der Waals surface area (Å²) < 4.78 is 0. The van der Waals surface area contributed by atoms with Crippen LogP contribution in [0.3, 0.4) is 0 Å². The summed E-state index contributed by atoms with van der Waals surface area (Å²) in [7, 11) is 0. The molecule has 4 heteroatoms. The fourth-order valence-electron chi connectivity index (χ4n) is 2.44. The van der Waals surface area contributed by atoms with E-state index in [1.165, 1.54) is 5.56 Å². The molecule has 0 N–H and O–H groups in total. The zero-order valence-corrected chi connectivity index (χ0v) is 10.2. The molecule has 0 bridgehead atoms. The van der Waals surface area contributed by atoms with Crippen LogP contribution in [0.4, 0.5) is 0 Å². The molecule has 1 aliphatic rings. The van der Waals surface area contributed by atoms with Crippen molar-refractivity contribution in [2.75, 3.05) is 13.1 Å². The first-order chi connectivity index (χ1) is 8.31. The van der Waals surface area contributed by atoms with E-state index in [9.17, 15) is 0 Å². The highest BCUT2D eigenvalue weighted by Gasteiger charge is 2.23. The molecule has 0 aromatic heterocycles. The van der Waals surface area contributed by atoms with Gasteiger partial charge in [-0.15, -0.1) is 0 Å². The van der Waals surface area contributed by atoms with E-state index in [1.807, 2.05) is 6.07 Å². The smallest absolute Gasteiger partial charge is 0.0502 e. The lowest BCUT2D eigenvalue weighted by Gasteiger charge is -2.35. The maximum absolute atomic E-state index is 8.50. The average Bonchev–Trinajstić information content (AvgIpc) is 2.40. The Labute approximate surface area is 102 Å². The van der Waals surface area contributed by atoms with Crippen LogP contribution in [0, 0.1) is 0 Å². The van der Waals surface area contributed by atoms with E-state index < -0.39 is 0 Å². The molecule has 2 atom stereocenters. The number of hydrogen-bond acceptors (Lipinski definition) is 2. The van der Waals surface area contributed by atoms with Gasteiger partial charge in [-0.2, -0.15) is 0 Å². The molecule has 4 nitrogen and oxygen atoms in total. The van der Waals surface area contributed by atoms with Gasteiger partial charge in [-0.1, -0.05) is 35.4 Å². The van der Waals surface area contributed by atoms with Crippen molar-refractivity contribution in [1.82, 2.24) is 4.90 Å². The van der Waals surface area contributed by atoms with Crippen LogP contribution in [0.25, 0.3) is 10.4 Å². The zero-order chi connectivity index (χ0) is 12.1. The van der Waals surface area contributed by atoms with Crippen LogP contribution in [0.15, 0.2) is 35.4 Å². The van der Waals surface area contributed by atoms with Crippen LogP contribution in [0.2, 0.25) is 0 Å². The first-order valence-electron chi connectivity index (χ1n) is 6.14. The third kappa shape index (κ3) is 2.99. The Kier molecular flexibility index (Phi) is 4.02. The largest absolute Gasteiger partial charge is 0.296 e. The van der Waals surface area contributed by atoms with Crippen LogP contribution in [0.1, 0.15) is 31.4 Å². The van der Waals surface area contributed by atoms with Gasteiger partial charge in [0, 0.05) is 17.5 Å². The van der Waals surface area contributed by atoms with Gasteiger partial charge < -0.3 is 0 Å². The van der Waals surface area contributed by atoms with Crippen molar-refractivity contribution >= 4 is 0 Å². The molecule has 0 aliphatic carbocycles. The Morgan fingerprint density at radius 2 is 2.18 bits per heavy atom. The molecule has 0 spiro atoms. The Bertz CT molecular complexity index is 397. The highest BCUT2D eigenvalue weighted by atomic mass is 15.2. The van der Waals surface area contributed by atoms with E-state index in [0.717, 1.165) is 25.9 Å². The molecule has 1 aliphatic heterocycles. The maximum atomic E-state index is 8.50. The summed E-state index contributed by atoms with van der Waals surface area (Å²) >= 11 is 0. The molecule has 1 heterocycles. The monoisotopic (exact) mass is 230 g/mol. The number of piperidine rings is 1. The molecule has 0 radical (unpaired) electrons. The predicted molar refractivity (Wildman–Crippen MR) is 68.6 cm³/mol. The van der Waals surface area contributed by atoms with Gasteiger partial charge in [0.2, 0.25) is 0 Å². The van der Waals surface area contributed by atoms with E-state index in [0.29, 0.717) is 6.04 Å². The normalized spacial score (nSPS) is 22.8. The van der Waals surface area contributed by atoms with Crippen LogP contribution in [-0.4, -0.2) is 24.0 Å². The van der Waals surface area contributed by atoms with Gasteiger partial charge in [0.1, 0.15) is 0 Å². The Morgan fingerprint density at radius 3 is 2.88 bits per heavy atom. The summed E-state index contributed by atoms with van der Waals surface area (Å²) in [6.45, 7) is 4.18. The lowest BCUT2D eigenvalue weighted by Crippen LogP contribution is -2.38. The van der Waals surface area contributed by atoms with Crippen molar-refractivity contribution in [2.45, 2.75) is 31.8 Å². The lowest BCUT2D eigenvalue weighted by molar-refractivity contribution is 0.159. The quantitative estimate of drug-likeness (QED) is 0.445. The number of rotatable bonds is 3. The summed E-state index contributed by atoms with van der Waals surface area (Å²) in [4.78, 5) is 5.33. The van der Waals surface area contributed by atoms with Gasteiger partial charge in [-0.3, -0.25) is 4.90 Å². The highest BCUT2D eigenvalue weighted by Crippen LogP contribution is 2.24. The van der Waals surface area contributed by atoms with Gasteiger partial charge in [0.25, 0.3) is 0 Å². The topological polar surface area (TPSA) is 52.0 Å². The highest BCUT2D eigenvalue weighted by molar-refractivity contribution is 5.18. The second kappa shape index (κ2) is 5.71. The SMILES string of the molecule is C[C@H](c1ccccc1)N1CCC[C@@H](N=[N+]=[N-])C1. The molecule has 90 valence electrons. The molecule has 1 saturated heterocycles. The molecule has 1 fully saturated rings. The number of hydrogen-bond donors (Lipinski definition) is 0. The van der Waals surface area contributed by atoms with E-state index in [-0.39, 0.29) is 6.04 Å². The maximum Gasteiger partial charge on any atom is 0.0502 e. The second-order valence-corrected chi connectivity index (χ2v) is 4.58. The molecule has 2 rings (SSSR count). The van der Waals surface area contributed by atoms with Gasteiger partial charge in [-0.05, 0) is 37.4 Å². The average molecular weight is 230 g/mol. The molecule has 0 unspecified atom stereocenters. The second-order valence-electron chi connectivity index (χ2n) is 4.58. The van der Waals surface area contributed by atoms with E-state index in [2.05, 4.69) is 46.1 Å². The lowest BCUT2D eigenvalue weighted by atomic mass is 10.0. The minimum absolute atomic E-state index is 0.139. The molecule has 0 amide bonds. The van der Waals surface area contributed by atoms with Gasteiger partial charge in [0.15, 0.2) is 0 Å². The third-order valence-corrected chi connectivity index (χ3v) is 3.47. The molecular formula is C13H18N4. The first kappa shape index (κ1) is 12.0. The van der Waals surface area contributed by atoms with Crippen molar-refractivity contribution < 1.29 is 0 Å². The van der Waals surface area contributed by atoms with Crippen molar-refractivity contribution in [3.63, 3.8) is 0 Å². The van der Waals surface area contributed by atoms with Crippen LogP contribution in [0.5, 0.6) is 0 Å². The van der Waals surface area contributed by atoms with E-state index >= 15 is 0 Å². The van der Waals surface area contributed by atoms with Crippen molar-refractivity contribution in [3.05, 3.63) is 46.3 Å². The van der Waals surface area contributed by atoms with E-state index in [4.69, 9.17) is 5.53 Å². The van der Waals surface area contributed by atoms with Crippen LogP contribution < -0.4 is 0 Å². The van der Waals surface area contributed by atoms with Crippen LogP contribution >= 0.6 is 0 Å².